The Morgan fingerprint density at radius 3 is 2.31 bits per heavy atom. The minimum Gasteiger partial charge on any atom is -0.373 e. The largest absolute Gasteiger partial charge is 0.443 e. The maximum absolute atomic E-state index is 12.0. The molecule has 0 aliphatic rings. The van der Waals surface area contributed by atoms with Gasteiger partial charge in [0.1, 0.15) is 0 Å². The van der Waals surface area contributed by atoms with E-state index in [9.17, 15) is 18.3 Å². The van der Waals surface area contributed by atoms with Crippen LogP contribution in [0, 0.1) is 0 Å². The van der Waals surface area contributed by atoms with Crippen molar-refractivity contribution >= 4 is 27.3 Å². The Morgan fingerprint density at radius 2 is 2.08 bits per heavy atom. The predicted octanol–water partition coefficient (Wildman–Crippen LogP) is 2.72. The molecule has 0 spiro atoms. The zero-order chi connectivity index (χ0) is 10.3. The molecular formula is C6H5BrF3NOS. The molecule has 1 atom stereocenters. The van der Waals surface area contributed by atoms with Gasteiger partial charge in [-0.2, -0.15) is 13.2 Å². The first-order chi connectivity index (χ1) is 5.71. The number of halogens is 4. The number of rotatable bonds is 1. The second kappa shape index (κ2) is 3.21. The molecule has 1 aromatic heterocycles. The van der Waals surface area contributed by atoms with Gasteiger partial charge in [0.2, 0.25) is 0 Å². The minimum absolute atomic E-state index is 0.0372. The lowest BCUT2D eigenvalue weighted by Crippen LogP contribution is -2.13. The lowest BCUT2D eigenvalue weighted by Gasteiger charge is -2.10. The number of nitrogens with zero attached hydrogens (tertiary/aromatic N) is 1. The standard InChI is InChI=1S/C6H5BrF3NOS/c1-5(7,12)3-2-13-4(11-3)6(8,9)10/h2,12H,1H3. The molecule has 0 amide bonds. The molecule has 2 nitrogen and oxygen atoms in total. The summed E-state index contributed by atoms with van der Waals surface area (Å²) in [7, 11) is 0. The predicted molar refractivity (Wildman–Crippen MR) is 45.6 cm³/mol. The normalized spacial score (nSPS) is 17.1. The maximum atomic E-state index is 12.0. The lowest BCUT2D eigenvalue weighted by molar-refractivity contribution is -0.137. The van der Waals surface area contributed by atoms with E-state index in [-0.39, 0.29) is 5.69 Å². The summed E-state index contributed by atoms with van der Waals surface area (Å²) in [4.78, 5) is 3.25. The maximum Gasteiger partial charge on any atom is 0.443 e. The SMILES string of the molecule is CC(O)(Br)c1csc(C(F)(F)F)n1. The zero-order valence-corrected chi connectivity index (χ0v) is 8.79. The van der Waals surface area contributed by atoms with Crippen molar-refractivity contribution in [1.29, 1.82) is 0 Å². The second-order valence-electron chi connectivity index (χ2n) is 2.49. The van der Waals surface area contributed by atoms with Crippen LogP contribution in [0.3, 0.4) is 0 Å². The van der Waals surface area contributed by atoms with Crippen molar-refractivity contribution < 1.29 is 18.3 Å². The van der Waals surface area contributed by atoms with Gasteiger partial charge in [0.05, 0.1) is 5.69 Å². The number of alkyl halides is 4. The van der Waals surface area contributed by atoms with Crippen LogP contribution in [-0.2, 0) is 10.7 Å². The molecule has 7 heteroatoms. The fraction of sp³-hybridized carbons (Fsp3) is 0.500. The van der Waals surface area contributed by atoms with Crippen molar-refractivity contribution in [3.05, 3.63) is 16.1 Å². The highest BCUT2D eigenvalue weighted by molar-refractivity contribution is 9.09. The van der Waals surface area contributed by atoms with Gasteiger partial charge in [-0.3, -0.25) is 0 Å². The highest BCUT2D eigenvalue weighted by Gasteiger charge is 2.36. The first kappa shape index (κ1) is 10.9. The fourth-order valence-electron chi connectivity index (χ4n) is 0.614. The average Bonchev–Trinajstić information content (AvgIpc) is 2.28. The summed E-state index contributed by atoms with van der Waals surface area (Å²) in [6.07, 6.45) is -4.44. The average molecular weight is 276 g/mol. The van der Waals surface area contributed by atoms with E-state index in [2.05, 4.69) is 20.9 Å². The third kappa shape index (κ3) is 2.65. The second-order valence-corrected chi connectivity index (χ2v) is 4.89. The highest BCUT2D eigenvalue weighted by atomic mass is 79.9. The smallest absolute Gasteiger partial charge is 0.373 e. The molecule has 13 heavy (non-hydrogen) atoms. The summed E-state index contributed by atoms with van der Waals surface area (Å²) in [5.41, 5.74) is -0.0372. The van der Waals surface area contributed by atoms with Crippen LogP contribution in [0.4, 0.5) is 13.2 Å². The number of aromatic nitrogens is 1. The van der Waals surface area contributed by atoms with Gasteiger partial charge >= 0.3 is 6.18 Å². The first-order valence-corrected chi connectivity index (χ1v) is 4.83. The summed E-state index contributed by atoms with van der Waals surface area (Å²) in [5.74, 6) is 0. The van der Waals surface area contributed by atoms with Crippen molar-refractivity contribution in [3.63, 3.8) is 0 Å². The van der Waals surface area contributed by atoms with Crippen LogP contribution < -0.4 is 0 Å². The van der Waals surface area contributed by atoms with E-state index in [0.29, 0.717) is 11.3 Å². The van der Waals surface area contributed by atoms with E-state index in [1.807, 2.05) is 0 Å². The molecular weight excluding hydrogens is 271 g/mol. The molecule has 0 aliphatic heterocycles. The van der Waals surface area contributed by atoms with Gasteiger partial charge in [-0.05, 0) is 22.9 Å². The molecule has 74 valence electrons. The quantitative estimate of drug-likeness (QED) is 0.800. The van der Waals surface area contributed by atoms with Gasteiger partial charge in [0, 0.05) is 5.38 Å². The molecule has 0 saturated carbocycles. The number of hydrogen-bond donors (Lipinski definition) is 1. The molecule has 0 aliphatic carbocycles. The van der Waals surface area contributed by atoms with Gasteiger partial charge in [-0.15, -0.1) is 11.3 Å². The summed E-state index contributed by atoms with van der Waals surface area (Å²) in [6, 6.07) is 0. The molecule has 1 N–H and O–H groups in total. The molecule has 0 saturated heterocycles. The Morgan fingerprint density at radius 1 is 1.54 bits per heavy atom. The summed E-state index contributed by atoms with van der Waals surface area (Å²) in [6.45, 7) is 1.31. The van der Waals surface area contributed by atoms with E-state index in [1.165, 1.54) is 6.92 Å². The number of thiazole rings is 1. The van der Waals surface area contributed by atoms with Gasteiger partial charge in [-0.1, -0.05) is 0 Å². The Kier molecular flexibility index (Phi) is 2.70. The van der Waals surface area contributed by atoms with E-state index in [1.54, 1.807) is 0 Å². The molecule has 0 fully saturated rings. The van der Waals surface area contributed by atoms with Crippen LogP contribution in [-0.4, -0.2) is 10.1 Å². The van der Waals surface area contributed by atoms with Crippen LogP contribution in [0.1, 0.15) is 17.6 Å². The van der Waals surface area contributed by atoms with Crippen molar-refractivity contribution in [1.82, 2.24) is 4.98 Å². The number of hydrogen-bond acceptors (Lipinski definition) is 3. The monoisotopic (exact) mass is 275 g/mol. The van der Waals surface area contributed by atoms with Crippen molar-refractivity contribution in [3.8, 4) is 0 Å². The van der Waals surface area contributed by atoms with Crippen molar-refractivity contribution in [2.75, 3.05) is 0 Å². The van der Waals surface area contributed by atoms with E-state index >= 15 is 0 Å². The zero-order valence-electron chi connectivity index (χ0n) is 6.39. The molecule has 0 bridgehead atoms. The van der Waals surface area contributed by atoms with Crippen LogP contribution in [0.25, 0.3) is 0 Å². The van der Waals surface area contributed by atoms with Crippen LogP contribution in [0.2, 0.25) is 0 Å². The Labute approximate surface area is 84.5 Å². The van der Waals surface area contributed by atoms with Gasteiger partial charge < -0.3 is 5.11 Å². The lowest BCUT2D eigenvalue weighted by atomic mass is 10.3. The van der Waals surface area contributed by atoms with Gasteiger partial charge in [-0.25, -0.2) is 4.98 Å². The van der Waals surface area contributed by atoms with Crippen molar-refractivity contribution in [2.45, 2.75) is 17.6 Å². The van der Waals surface area contributed by atoms with Crippen LogP contribution in [0.5, 0.6) is 0 Å². The first-order valence-electron chi connectivity index (χ1n) is 3.16. The topological polar surface area (TPSA) is 33.1 Å². The third-order valence-electron chi connectivity index (χ3n) is 1.21. The Hall–Kier alpha value is -0.140. The van der Waals surface area contributed by atoms with Crippen LogP contribution in [0.15, 0.2) is 5.38 Å². The molecule has 1 rings (SSSR count). The Balaban J connectivity index is 3.01. The molecule has 1 aromatic rings. The molecule has 0 radical (unpaired) electrons. The number of aliphatic hydroxyl groups is 1. The van der Waals surface area contributed by atoms with Gasteiger partial charge in [0.25, 0.3) is 0 Å². The van der Waals surface area contributed by atoms with E-state index < -0.39 is 15.7 Å². The minimum atomic E-state index is -4.44. The summed E-state index contributed by atoms with van der Waals surface area (Å²) >= 11 is 3.26. The van der Waals surface area contributed by atoms with Crippen LogP contribution >= 0.6 is 27.3 Å². The molecule has 1 heterocycles. The molecule has 0 aromatic carbocycles. The highest BCUT2D eigenvalue weighted by Crippen LogP contribution is 2.35. The molecule has 1 unspecified atom stereocenters. The van der Waals surface area contributed by atoms with Crippen molar-refractivity contribution in [2.24, 2.45) is 0 Å². The third-order valence-corrected chi connectivity index (χ3v) is 2.51. The summed E-state index contributed by atoms with van der Waals surface area (Å²) in [5, 5.41) is 9.47. The fourth-order valence-corrected chi connectivity index (χ4v) is 1.76. The van der Waals surface area contributed by atoms with E-state index in [4.69, 9.17) is 0 Å². The van der Waals surface area contributed by atoms with E-state index in [0.717, 1.165) is 5.38 Å². The summed E-state index contributed by atoms with van der Waals surface area (Å²) < 4.78 is 34.6. The Bertz CT molecular complexity index is 275. The van der Waals surface area contributed by atoms with Gasteiger partial charge in [0.15, 0.2) is 9.52 Å².